The molecule has 0 radical (unpaired) electrons. The molecule has 0 aliphatic rings. The van der Waals surface area contributed by atoms with E-state index in [4.69, 9.17) is 5.11 Å². The summed E-state index contributed by atoms with van der Waals surface area (Å²) in [6.07, 6.45) is 0. The first kappa shape index (κ1) is 13.5. The van der Waals surface area contributed by atoms with Gasteiger partial charge in [0.05, 0.1) is 5.56 Å². The fraction of sp³-hybridized carbons (Fsp3) is 0.538. The molecule has 4 nitrogen and oxygen atoms in total. The minimum absolute atomic E-state index is 0.0128. The van der Waals surface area contributed by atoms with Gasteiger partial charge in [-0.2, -0.15) is 0 Å². The van der Waals surface area contributed by atoms with E-state index in [1.54, 1.807) is 18.4 Å². The zero-order valence-electron chi connectivity index (χ0n) is 10.9. The van der Waals surface area contributed by atoms with Gasteiger partial charge in [0.15, 0.2) is 0 Å². The van der Waals surface area contributed by atoms with Crippen molar-refractivity contribution in [1.29, 1.82) is 0 Å². The summed E-state index contributed by atoms with van der Waals surface area (Å²) in [6.45, 7) is 9.30. The predicted molar refractivity (Wildman–Crippen MR) is 66.7 cm³/mol. The number of hydrogen-bond acceptors (Lipinski definition) is 2. The van der Waals surface area contributed by atoms with Gasteiger partial charge in [-0.25, -0.2) is 4.79 Å². The van der Waals surface area contributed by atoms with Gasteiger partial charge >= 0.3 is 5.97 Å². The summed E-state index contributed by atoms with van der Waals surface area (Å²) >= 11 is 0. The first-order valence-electron chi connectivity index (χ1n) is 5.73. The number of carbonyl (C=O) groups is 1. The van der Waals surface area contributed by atoms with Crippen LogP contribution in [0.2, 0.25) is 0 Å². The molecule has 0 spiro atoms. The highest BCUT2D eigenvalue weighted by Crippen LogP contribution is 2.20. The zero-order chi connectivity index (χ0) is 13.3. The maximum absolute atomic E-state index is 12.0. The molecule has 4 heteroatoms. The van der Waals surface area contributed by atoms with E-state index < -0.39 is 5.97 Å². The second-order valence-electron chi connectivity index (χ2n) is 4.79. The van der Waals surface area contributed by atoms with Crippen molar-refractivity contribution in [2.24, 2.45) is 5.92 Å². The molecule has 1 rings (SSSR count). The molecule has 1 heterocycles. The van der Waals surface area contributed by atoms with Crippen LogP contribution in [-0.4, -0.2) is 15.6 Å². The molecular formula is C13H19NO3. The number of carboxylic acids is 1. The van der Waals surface area contributed by atoms with Crippen molar-refractivity contribution >= 4 is 5.97 Å². The number of pyridine rings is 1. The van der Waals surface area contributed by atoms with Crippen LogP contribution in [0.3, 0.4) is 0 Å². The van der Waals surface area contributed by atoms with Crippen molar-refractivity contribution in [1.82, 2.24) is 4.57 Å². The summed E-state index contributed by atoms with van der Waals surface area (Å²) in [5.41, 5.74) is 1.15. The third-order valence-corrected chi connectivity index (χ3v) is 3.28. The number of aromatic nitrogens is 1. The van der Waals surface area contributed by atoms with Crippen molar-refractivity contribution in [3.05, 3.63) is 33.2 Å². The lowest BCUT2D eigenvalue weighted by Gasteiger charge is -2.23. The summed E-state index contributed by atoms with van der Waals surface area (Å²) in [6, 6.07) is 1.39. The molecule has 1 aromatic rings. The lowest BCUT2D eigenvalue weighted by molar-refractivity contribution is 0.0693. The van der Waals surface area contributed by atoms with Crippen molar-refractivity contribution in [3.63, 3.8) is 0 Å². The van der Waals surface area contributed by atoms with Gasteiger partial charge in [-0.05, 0) is 32.3 Å². The third-order valence-electron chi connectivity index (χ3n) is 3.28. The Kier molecular flexibility index (Phi) is 3.76. The van der Waals surface area contributed by atoms with Crippen LogP contribution in [0.1, 0.15) is 48.4 Å². The maximum atomic E-state index is 12.0. The van der Waals surface area contributed by atoms with E-state index in [0.717, 1.165) is 0 Å². The topological polar surface area (TPSA) is 59.3 Å². The summed E-state index contributed by atoms with van der Waals surface area (Å²) in [5, 5.41) is 9.17. The Hall–Kier alpha value is -1.58. The van der Waals surface area contributed by atoms with Crippen LogP contribution in [0.15, 0.2) is 10.9 Å². The van der Waals surface area contributed by atoms with Gasteiger partial charge < -0.3 is 9.67 Å². The van der Waals surface area contributed by atoms with Gasteiger partial charge in [0.25, 0.3) is 5.56 Å². The predicted octanol–water partition coefficient (Wildman–Crippen LogP) is 2.38. The van der Waals surface area contributed by atoms with E-state index in [1.807, 2.05) is 20.8 Å². The van der Waals surface area contributed by atoms with E-state index >= 15 is 0 Å². The molecule has 1 aromatic heterocycles. The Bertz CT molecular complexity index is 500. The monoisotopic (exact) mass is 237 g/mol. The van der Waals surface area contributed by atoms with E-state index in [-0.39, 0.29) is 23.1 Å². The average molecular weight is 237 g/mol. The highest BCUT2D eigenvalue weighted by atomic mass is 16.4. The van der Waals surface area contributed by atoms with Crippen LogP contribution in [-0.2, 0) is 0 Å². The summed E-state index contributed by atoms with van der Waals surface area (Å²) in [4.78, 5) is 23.1. The van der Waals surface area contributed by atoms with Gasteiger partial charge in [-0.1, -0.05) is 13.8 Å². The van der Waals surface area contributed by atoms with E-state index in [1.165, 1.54) is 6.07 Å². The minimum Gasteiger partial charge on any atom is -0.478 e. The molecule has 94 valence electrons. The minimum atomic E-state index is -0.982. The fourth-order valence-electron chi connectivity index (χ4n) is 2.03. The summed E-state index contributed by atoms with van der Waals surface area (Å²) in [5.74, 6) is -0.708. The van der Waals surface area contributed by atoms with Crippen LogP contribution >= 0.6 is 0 Å². The first-order valence-corrected chi connectivity index (χ1v) is 5.73. The molecular weight excluding hydrogens is 218 g/mol. The van der Waals surface area contributed by atoms with Gasteiger partial charge in [0.2, 0.25) is 0 Å². The van der Waals surface area contributed by atoms with Gasteiger partial charge in [-0.3, -0.25) is 4.79 Å². The Balaban J connectivity index is 3.57. The average Bonchev–Trinajstić information content (AvgIpc) is 2.15. The standard InChI is InChI=1S/C13H19NO3/c1-7(2)9(4)14-10(5)12(13(16)17)8(3)6-11(14)15/h6-7,9H,1-5H3,(H,16,17). The normalized spacial score (nSPS) is 12.8. The molecule has 1 N–H and O–H groups in total. The number of nitrogens with zero attached hydrogens (tertiary/aromatic N) is 1. The highest BCUT2D eigenvalue weighted by Gasteiger charge is 2.20. The van der Waals surface area contributed by atoms with E-state index in [9.17, 15) is 9.59 Å². The molecule has 0 aliphatic heterocycles. The molecule has 17 heavy (non-hydrogen) atoms. The smallest absolute Gasteiger partial charge is 0.337 e. The molecule has 0 amide bonds. The lowest BCUT2D eigenvalue weighted by atomic mass is 10.0. The second kappa shape index (κ2) is 4.73. The van der Waals surface area contributed by atoms with Crippen LogP contribution in [0, 0.1) is 19.8 Å². The first-order chi connectivity index (χ1) is 7.77. The summed E-state index contributed by atoms with van der Waals surface area (Å²) in [7, 11) is 0. The van der Waals surface area contributed by atoms with E-state index in [0.29, 0.717) is 11.3 Å². The molecule has 0 saturated carbocycles. The Morgan fingerprint density at radius 3 is 2.24 bits per heavy atom. The highest BCUT2D eigenvalue weighted by molar-refractivity contribution is 5.90. The van der Waals surface area contributed by atoms with Crippen LogP contribution in [0.25, 0.3) is 0 Å². The number of aromatic carboxylic acids is 1. The second-order valence-corrected chi connectivity index (χ2v) is 4.79. The van der Waals surface area contributed by atoms with Gasteiger partial charge in [-0.15, -0.1) is 0 Å². The zero-order valence-corrected chi connectivity index (χ0v) is 10.9. The maximum Gasteiger partial charge on any atom is 0.337 e. The van der Waals surface area contributed by atoms with Crippen LogP contribution in [0.5, 0.6) is 0 Å². The van der Waals surface area contributed by atoms with Crippen molar-refractivity contribution in [3.8, 4) is 0 Å². The lowest BCUT2D eigenvalue weighted by Crippen LogP contribution is -2.30. The largest absolute Gasteiger partial charge is 0.478 e. The molecule has 1 unspecified atom stereocenters. The molecule has 0 bridgehead atoms. The van der Waals surface area contributed by atoms with Crippen LogP contribution in [0.4, 0.5) is 0 Å². The van der Waals surface area contributed by atoms with Crippen molar-refractivity contribution in [2.45, 2.75) is 40.7 Å². The van der Waals surface area contributed by atoms with Crippen molar-refractivity contribution in [2.75, 3.05) is 0 Å². The number of carboxylic acid groups (broad SMARTS) is 1. The fourth-order valence-corrected chi connectivity index (χ4v) is 2.03. The Morgan fingerprint density at radius 2 is 1.82 bits per heavy atom. The van der Waals surface area contributed by atoms with E-state index in [2.05, 4.69) is 0 Å². The Labute approximate surface area is 101 Å². The molecule has 0 aliphatic carbocycles. The number of aryl methyl sites for hydroxylation is 1. The number of hydrogen-bond donors (Lipinski definition) is 1. The molecule has 0 saturated heterocycles. The Morgan fingerprint density at radius 1 is 1.29 bits per heavy atom. The van der Waals surface area contributed by atoms with Gasteiger partial charge in [0, 0.05) is 17.8 Å². The van der Waals surface area contributed by atoms with Crippen molar-refractivity contribution < 1.29 is 9.90 Å². The molecule has 1 atom stereocenters. The number of rotatable bonds is 3. The quantitative estimate of drug-likeness (QED) is 0.878. The summed E-state index contributed by atoms with van der Waals surface area (Å²) < 4.78 is 1.57. The molecule has 0 aromatic carbocycles. The SMILES string of the molecule is Cc1cc(=O)n(C(C)C(C)C)c(C)c1C(=O)O. The molecule has 0 fully saturated rings. The third kappa shape index (κ3) is 2.40. The van der Waals surface area contributed by atoms with Crippen LogP contribution < -0.4 is 5.56 Å². The van der Waals surface area contributed by atoms with Gasteiger partial charge in [0.1, 0.15) is 0 Å².